The third-order valence-electron chi connectivity index (χ3n) is 5.90. The molecule has 0 aromatic carbocycles. The monoisotopic (exact) mass is 374 g/mol. The molecule has 0 aliphatic carbocycles. The van der Waals surface area contributed by atoms with Crippen LogP contribution in [-0.2, 0) is 32.5 Å². The van der Waals surface area contributed by atoms with E-state index in [1.165, 1.54) is 0 Å². The van der Waals surface area contributed by atoms with Crippen LogP contribution in [0.2, 0.25) is 0 Å². The van der Waals surface area contributed by atoms with Crippen molar-refractivity contribution in [1.82, 2.24) is 19.6 Å². The summed E-state index contributed by atoms with van der Waals surface area (Å²) in [4.78, 5) is 29.6. The van der Waals surface area contributed by atoms with Crippen molar-refractivity contribution in [2.24, 2.45) is 18.9 Å². The number of fused-ring (bicyclic) bond motifs is 1. The smallest absolute Gasteiger partial charge is 0.230 e. The Labute approximate surface area is 158 Å². The Bertz CT molecular complexity index is 776. The van der Waals surface area contributed by atoms with Crippen LogP contribution < -0.4 is 0 Å². The highest BCUT2D eigenvalue weighted by molar-refractivity contribution is 5.93. The second-order valence-corrected chi connectivity index (χ2v) is 7.68. The Kier molecular flexibility index (Phi) is 4.55. The van der Waals surface area contributed by atoms with Gasteiger partial charge in [-0.25, -0.2) is 0 Å². The lowest BCUT2D eigenvalue weighted by atomic mass is 9.76. The van der Waals surface area contributed by atoms with Gasteiger partial charge in [0.25, 0.3) is 0 Å². The van der Waals surface area contributed by atoms with Gasteiger partial charge in [0.2, 0.25) is 11.8 Å². The average molecular weight is 374 g/mol. The predicted molar refractivity (Wildman–Crippen MR) is 96.7 cm³/mol. The van der Waals surface area contributed by atoms with Gasteiger partial charge in [-0.1, -0.05) is 12.2 Å². The van der Waals surface area contributed by atoms with E-state index < -0.39 is 17.4 Å². The second kappa shape index (κ2) is 6.76. The SMILES string of the molecule is COCCN1CC23C=CC(O2)C(C(=O)N(C)CCc2cnn(C)c2)C3C1=O. The minimum absolute atomic E-state index is 0.00194. The molecule has 4 heterocycles. The van der Waals surface area contributed by atoms with Crippen LogP contribution in [0.5, 0.6) is 0 Å². The molecular weight excluding hydrogens is 348 g/mol. The number of likely N-dealkylation sites (tertiary alicyclic amines) is 1. The van der Waals surface area contributed by atoms with Crippen LogP contribution in [0.15, 0.2) is 24.5 Å². The number of aromatic nitrogens is 2. The summed E-state index contributed by atoms with van der Waals surface area (Å²) < 4.78 is 13.0. The summed E-state index contributed by atoms with van der Waals surface area (Å²) in [5.41, 5.74) is 0.431. The zero-order valence-electron chi connectivity index (χ0n) is 16.0. The quantitative estimate of drug-likeness (QED) is 0.621. The predicted octanol–water partition coefficient (Wildman–Crippen LogP) is -0.151. The van der Waals surface area contributed by atoms with Crippen molar-refractivity contribution in [1.29, 1.82) is 0 Å². The van der Waals surface area contributed by atoms with Gasteiger partial charge in [-0.2, -0.15) is 5.10 Å². The highest BCUT2D eigenvalue weighted by Crippen LogP contribution is 2.52. The van der Waals surface area contributed by atoms with Gasteiger partial charge in [0.1, 0.15) is 5.60 Å². The van der Waals surface area contributed by atoms with Gasteiger partial charge in [-0.15, -0.1) is 0 Å². The van der Waals surface area contributed by atoms with Crippen LogP contribution in [0.25, 0.3) is 0 Å². The molecular formula is C19H26N4O4. The maximum absolute atomic E-state index is 13.2. The summed E-state index contributed by atoms with van der Waals surface area (Å²) in [5, 5.41) is 4.16. The van der Waals surface area contributed by atoms with Gasteiger partial charge >= 0.3 is 0 Å². The molecule has 0 N–H and O–H groups in total. The molecule has 2 saturated heterocycles. The standard InChI is InChI=1S/C19H26N4O4/c1-21(7-5-13-10-20-22(2)11-13)17(24)15-14-4-6-19(27-14)12-23(8-9-26-3)18(25)16(15)19/h4,6,10-11,14-16H,5,7-9,12H2,1-3H3. The number of nitrogens with zero attached hydrogens (tertiary/aromatic N) is 4. The summed E-state index contributed by atoms with van der Waals surface area (Å²) in [5.74, 6) is -0.911. The van der Waals surface area contributed by atoms with E-state index in [1.807, 2.05) is 31.6 Å². The van der Waals surface area contributed by atoms with Gasteiger partial charge in [0.15, 0.2) is 0 Å². The Morgan fingerprint density at radius 2 is 2.33 bits per heavy atom. The number of amides is 2. The van der Waals surface area contributed by atoms with E-state index >= 15 is 0 Å². The van der Waals surface area contributed by atoms with Gasteiger partial charge < -0.3 is 19.3 Å². The molecule has 4 rings (SSSR count). The highest BCUT2D eigenvalue weighted by Gasteiger charge is 2.66. The fourth-order valence-electron chi connectivity index (χ4n) is 4.51. The number of carbonyl (C=O) groups excluding carboxylic acids is 2. The number of rotatable bonds is 7. The topological polar surface area (TPSA) is 76.9 Å². The van der Waals surface area contributed by atoms with E-state index in [4.69, 9.17) is 9.47 Å². The summed E-state index contributed by atoms with van der Waals surface area (Å²) in [6.07, 6.45) is 8.11. The molecule has 146 valence electrons. The lowest BCUT2D eigenvalue weighted by Gasteiger charge is -2.27. The Morgan fingerprint density at radius 1 is 1.52 bits per heavy atom. The Hall–Kier alpha value is -2.19. The minimum Gasteiger partial charge on any atom is -0.383 e. The number of aryl methyl sites for hydroxylation is 1. The fraction of sp³-hybridized carbons (Fsp3) is 0.632. The molecule has 8 nitrogen and oxygen atoms in total. The molecule has 4 atom stereocenters. The van der Waals surface area contributed by atoms with E-state index in [0.29, 0.717) is 26.2 Å². The largest absolute Gasteiger partial charge is 0.383 e. The number of likely N-dealkylation sites (N-methyl/N-ethyl adjacent to an activating group) is 1. The van der Waals surface area contributed by atoms with Crippen molar-refractivity contribution >= 4 is 11.8 Å². The molecule has 1 aromatic heterocycles. The fourth-order valence-corrected chi connectivity index (χ4v) is 4.51. The lowest BCUT2D eigenvalue weighted by molar-refractivity contribution is -0.142. The summed E-state index contributed by atoms with van der Waals surface area (Å²) in [6.45, 7) is 2.08. The first-order valence-electron chi connectivity index (χ1n) is 9.32. The van der Waals surface area contributed by atoms with Crippen LogP contribution in [0.1, 0.15) is 5.56 Å². The lowest BCUT2D eigenvalue weighted by Crippen LogP contribution is -2.45. The molecule has 2 bridgehead atoms. The molecule has 1 aromatic rings. The van der Waals surface area contributed by atoms with Crippen LogP contribution in [0, 0.1) is 11.8 Å². The van der Waals surface area contributed by atoms with Gasteiger partial charge in [-0.05, 0) is 12.0 Å². The highest BCUT2D eigenvalue weighted by atomic mass is 16.5. The zero-order chi connectivity index (χ0) is 19.2. The Morgan fingerprint density at radius 3 is 3.04 bits per heavy atom. The van der Waals surface area contributed by atoms with Crippen molar-refractivity contribution in [3.63, 3.8) is 0 Å². The molecule has 0 radical (unpaired) electrons. The molecule has 3 aliphatic rings. The van der Waals surface area contributed by atoms with Crippen LogP contribution in [-0.4, -0.2) is 83.5 Å². The number of methoxy groups -OCH3 is 1. The summed E-state index contributed by atoms with van der Waals surface area (Å²) >= 11 is 0. The van der Waals surface area contributed by atoms with Crippen molar-refractivity contribution in [3.8, 4) is 0 Å². The molecule has 4 unspecified atom stereocenters. The van der Waals surface area contributed by atoms with Gasteiger partial charge in [-0.3, -0.25) is 14.3 Å². The van der Waals surface area contributed by atoms with E-state index in [1.54, 1.807) is 28.6 Å². The third kappa shape index (κ3) is 2.96. The van der Waals surface area contributed by atoms with Crippen LogP contribution in [0.4, 0.5) is 0 Å². The van der Waals surface area contributed by atoms with E-state index in [-0.39, 0.29) is 17.9 Å². The second-order valence-electron chi connectivity index (χ2n) is 7.68. The van der Waals surface area contributed by atoms with Crippen LogP contribution >= 0.6 is 0 Å². The molecule has 0 saturated carbocycles. The van der Waals surface area contributed by atoms with Crippen molar-refractivity contribution in [2.75, 3.05) is 40.4 Å². The number of hydrogen-bond acceptors (Lipinski definition) is 5. The maximum atomic E-state index is 13.2. The van der Waals surface area contributed by atoms with Gasteiger partial charge in [0.05, 0.1) is 37.3 Å². The molecule has 27 heavy (non-hydrogen) atoms. The number of hydrogen-bond donors (Lipinski definition) is 0. The van der Waals surface area contributed by atoms with E-state index in [0.717, 1.165) is 12.0 Å². The normalized spacial score (nSPS) is 31.0. The van der Waals surface area contributed by atoms with Crippen molar-refractivity contribution in [3.05, 3.63) is 30.1 Å². The van der Waals surface area contributed by atoms with E-state index in [9.17, 15) is 9.59 Å². The molecule has 3 aliphatic heterocycles. The van der Waals surface area contributed by atoms with Crippen LogP contribution in [0.3, 0.4) is 0 Å². The first-order chi connectivity index (χ1) is 12.9. The van der Waals surface area contributed by atoms with Crippen molar-refractivity contribution in [2.45, 2.75) is 18.1 Å². The molecule has 1 spiro atoms. The summed E-state index contributed by atoms with van der Waals surface area (Å²) in [6, 6.07) is 0. The summed E-state index contributed by atoms with van der Waals surface area (Å²) in [7, 11) is 5.28. The van der Waals surface area contributed by atoms with E-state index in [2.05, 4.69) is 5.10 Å². The first-order valence-corrected chi connectivity index (χ1v) is 9.32. The average Bonchev–Trinajstić information content (AvgIpc) is 3.39. The maximum Gasteiger partial charge on any atom is 0.230 e. The third-order valence-corrected chi connectivity index (χ3v) is 5.90. The number of carbonyl (C=O) groups is 2. The Balaban J connectivity index is 1.46. The minimum atomic E-state index is -0.653. The molecule has 8 heteroatoms. The molecule has 2 fully saturated rings. The zero-order valence-corrected chi connectivity index (χ0v) is 16.0. The van der Waals surface area contributed by atoms with Crippen molar-refractivity contribution < 1.29 is 19.1 Å². The molecule has 2 amide bonds. The number of ether oxygens (including phenoxy) is 2. The first kappa shape index (κ1) is 18.2. The van der Waals surface area contributed by atoms with Gasteiger partial charge in [0, 0.05) is 40.5 Å².